The molecule has 0 aliphatic carbocycles. The number of hydrogen-bond acceptors (Lipinski definition) is 2. The van der Waals surface area contributed by atoms with Crippen LogP contribution in [0.1, 0.15) is 35.7 Å². The molecule has 2 nitrogen and oxygen atoms in total. The monoisotopic (exact) mass is 192 g/mol. The molecule has 0 aliphatic heterocycles. The van der Waals surface area contributed by atoms with Gasteiger partial charge < -0.3 is 4.74 Å². The van der Waals surface area contributed by atoms with E-state index in [0.717, 1.165) is 12.0 Å². The van der Waals surface area contributed by atoms with Crippen LogP contribution in [0.2, 0.25) is 0 Å². The molecule has 76 valence electrons. The Kier molecular flexibility index (Phi) is 3.69. The summed E-state index contributed by atoms with van der Waals surface area (Å²) in [5, 5.41) is 0. The van der Waals surface area contributed by atoms with Gasteiger partial charge in [-0.1, -0.05) is 13.0 Å². The predicted octanol–water partition coefficient (Wildman–Crippen LogP) is 2.99. The molecule has 0 aromatic heterocycles. The number of aryl methyl sites for hydroxylation is 1. The number of methoxy groups -OCH3 is 1. The first-order valence-corrected chi connectivity index (χ1v) is 4.87. The molecule has 0 unspecified atom stereocenters. The van der Waals surface area contributed by atoms with Crippen LogP contribution < -0.4 is 4.74 Å². The molecule has 0 radical (unpaired) electrons. The minimum atomic E-state index is 0.157. The molecule has 0 fully saturated rings. The van der Waals surface area contributed by atoms with Gasteiger partial charge in [0.05, 0.1) is 12.7 Å². The lowest BCUT2D eigenvalue weighted by Crippen LogP contribution is -2.01. The highest BCUT2D eigenvalue weighted by Crippen LogP contribution is 2.21. The van der Waals surface area contributed by atoms with Crippen LogP contribution in [0.3, 0.4) is 0 Å². The molecule has 0 heterocycles. The third-order valence-electron chi connectivity index (χ3n) is 2.13. The van der Waals surface area contributed by atoms with E-state index >= 15 is 0 Å². The largest absolute Gasteiger partial charge is 0.496 e. The van der Waals surface area contributed by atoms with Crippen LogP contribution in [0.4, 0.5) is 0 Å². The molecule has 14 heavy (non-hydrogen) atoms. The highest BCUT2D eigenvalue weighted by molar-refractivity contribution is 5.98. The Balaban J connectivity index is 3.01. The first-order chi connectivity index (χ1) is 6.69. The number of benzene rings is 1. The molecule has 1 aromatic carbocycles. The third kappa shape index (κ3) is 2.34. The van der Waals surface area contributed by atoms with E-state index in [9.17, 15) is 4.79 Å². The molecule has 2 heteroatoms. The Labute approximate surface area is 84.9 Å². The summed E-state index contributed by atoms with van der Waals surface area (Å²) in [5.74, 6) is 0.841. The van der Waals surface area contributed by atoms with Crippen LogP contribution in [0.25, 0.3) is 0 Å². The summed E-state index contributed by atoms with van der Waals surface area (Å²) >= 11 is 0. The van der Waals surface area contributed by atoms with Crippen LogP contribution in [0, 0.1) is 6.92 Å². The molecule has 1 aromatic rings. The summed E-state index contributed by atoms with van der Waals surface area (Å²) in [6.45, 7) is 3.98. The molecule has 1 rings (SSSR count). The number of carbonyl (C=O) groups excluding carboxylic acids is 1. The first-order valence-electron chi connectivity index (χ1n) is 4.87. The van der Waals surface area contributed by atoms with E-state index in [1.807, 2.05) is 32.0 Å². The van der Waals surface area contributed by atoms with Crippen LogP contribution in [-0.4, -0.2) is 12.9 Å². The van der Waals surface area contributed by atoms with Crippen LogP contribution >= 0.6 is 0 Å². The van der Waals surface area contributed by atoms with Crippen molar-refractivity contribution < 1.29 is 9.53 Å². The lowest BCUT2D eigenvalue weighted by Gasteiger charge is -2.07. The fourth-order valence-corrected chi connectivity index (χ4v) is 1.39. The van der Waals surface area contributed by atoms with E-state index in [1.54, 1.807) is 7.11 Å². The smallest absolute Gasteiger partial charge is 0.166 e. The Morgan fingerprint density at radius 2 is 2.14 bits per heavy atom. The summed E-state index contributed by atoms with van der Waals surface area (Å²) in [5.41, 5.74) is 1.80. The molecule has 0 saturated carbocycles. The maximum Gasteiger partial charge on any atom is 0.166 e. The standard InChI is InChI=1S/C12H16O2/c1-4-5-11(13)10-7-6-9(2)8-12(10)14-3/h6-8H,4-5H2,1-3H3. The second kappa shape index (κ2) is 4.80. The Bertz CT molecular complexity index is 329. The van der Waals surface area contributed by atoms with Crippen molar-refractivity contribution in [3.8, 4) is 5.75 Å². The van der Waals surface area contributed by atoms with Gasteiger partial charge in [0.1, 0.15) is 5.75 Å². The zero-order chi connectivity index (χ0) is 10.6. The number of ketones is 1. The van der Waals surface area contributed by atoms with Gasteiger partial charge in [-0.3, -0.25) is 4.79 Å². The highest BCUT2D eigenvalue weighted by Gasteiger charge is 2.10. The van der Waals surface area contributed by atoms with Crippen molar-refractivity contribution in [3.63, 3.8) is 0 Å². The number of ether oxygens (including phenoxy) is 1. The molecule has 0 amide bonds. The van der Waals surface area contributed by atoms with Gasteiger partial charge in [0, 0.05) is 6.42 Å². The summed E-state index contributed by atoms with van der Waals surface area (Å²) in [6, 6.07) is 5.67. The Morgan fingerprint density at radius 1 is 1.43 bits per heavy atom. The molecule has 0 aliphatic rings. The van der Waals surface area contributed by atoms with Gasteiger partial charge in [0.25, 0.3) is 0 Å². The minimum Gasteiger partial charge on any atom is -0.496 e. The summed E-state index contributed by atoms with van der Waals surface area (Å²) in [7, 11) is 1.59. The van der Waals surface area contributed by atoms with Crippen molar-refractivity contribution in [1.82, 2.24) is 0 Å². The SMILES string of the molecule is CCCC(=O)c1ccc(C)cc1OC. The Morgan fingerprint density at radius 3 is 2.71 bits per heavy atom. The average Bonchev–Trinajstić information content (AvgIpc) is 2.17. The van der Waals surface area contributed by atoms with E-state index in [1.165, 1.54) is 0 Å². The zero-order valence-corrected chi connectivity index (χ0v) is 8.96. The molecule has 0 N–H and O–H groups in total. The lowest BCUT2D eigenvalue weighted by molar-refractivity contribution is 0.0979. The molecule has 0 bridgehead atoms. The van der Waals surface area contributed by atoms with Gasteiger partial charge in [-0.05, 0) is 31.0 Å². The normalized spacial score (nSPS) is 9.93. The third-order valence-corrected chi connectivity index (χ3v) is 2.13. The van der Waals surface area contributed by atoms with Gasteiger partial charge >= 0.3 is 0 Å². The number of Topliss-reactive ketones (excluding diaryl/α,β-unsaturated/α-hetero) is 1. The van der Waals surface area contributed by atoms with Crippen molar-refractivity contribution in [1.29, 1.82) is 0 Å². The average molecular weight is 192 g/mol. The zero-order valence-electron chi connectivity index (χ0n) is 8.96. The van der Waals surface area contributed by atoms with Gasteiger partial charge in [-0.2, -0.15) is 0 Å². The van der Waals surface area contributed by atoms with Crippen molar-refractivity contribution in [2.45, 2.75) is 26.7 Å². The van der Waals surface area contributed by atoms with Crippen LogP contribution in [-0.2, 0) is 0 Å². The molecule has 0 spiro atoms. The van der Waals surface area contributed by atoms with Gasteiger partial charge in [0.15, 0.2) is 5.78 Å². The molecular formula is C12H16O2. The first kappa shape index (κ1) is 10.8. The van der Waals surface area contributed by atoms with E-state index < -0.39 is 0 Å². The topological polar surface area (TPSA) is 26.3 Å². The van der Waals surface area contributed by atoms with Crippen LogP contribution in [0.15, 0.2) is 18.2 Å². The van der Waals surface area contributed by atoms with Gasteiger partial charge in [-0.25, -0.2) is 0 Å². The number of carbonyl (C=O) groups is 1. The summed E-state index contributed by atoms with van der Waals surface area (Å²) in [6.07, 6.45) is 1.45. The second-order valence-corrected chi connectivity index (χ2v) is 3.38. The summed E-state index contributed by atoms with van der Waals surface area (Å²) < 4.78 is 5.17. The number of hydrogen-bond donors (Lipinski definition) is 0. The van der Waals surface area contributed by atoms with Crippen molar-refractivity contribution >= 4 is 5.78 Å². The summed E-state index contributed by atoms with van der Waals surface area (Å²) in [4.78, 5) is 11.7. The maximum atomic E-state index is 11.7. The molecular weight excluding hydrogens is 176 g/mol. The van der Waals surface area contributed by atoms with Crippen molar-refractivity contribution in [3.05, 3.63) is 29.3 Å². The van der Waals surface area contributed by atoms with E-state index in [-0.39, 0.29) is 5.78 Å². The fourth-order valence-electron chi connectivity index (χ4n) is 1.39. The van der Waals surface area contributed by atoms with Crippen molar-refractivity contribution in [2.24, 2.45) is 0 Å². The lowest BCUT2D eigenvalue weighted by atomic mass is 10.0. The van der Waals surface area contributed by atoms with Crippen molar-refractivity contribution in [2.75, 3.05) is 7.11 Å². The fraction of sp³-hybridized carbons (Fsp3) is 0.417. The van der Waals surface area contributed by atoms with E-state index in [0.29, 0.717) is 17.7 Å². The quantitative estimate of drug-likeness (QED) is 0.685. The predicted molar refractivity (Wildman–Crippen MR) is 57.0 cm³/mol. The maximum absolute atomic E-state index is 11.7. The van der Waals surface area contributed by atoms with Gasteiger partial charge in [0.2, 0.25) is 0 Å². The van der Waals surface area contributed by atoms with E-state index in [2.05, 4.69) is 0 Å². The molecule has 0 atom stereocenters. The molecule has 0 saturated heterocycles. The minimum absolute atomic E-state index is 0.157. The number of rotatable bonds is 4. The highest BCUT2D eigenvalue weighted by atomic mass is 16.5. The van der Waals surface area contributed by atoms with Gasteiger partial charge in [-0.15, -0.1) is 0 Å². The Hall–Kier alpha value is -1.31. The second-order valence-electron chi connectivity index (χ2n) is 3.38. The van der Waals surface area contributed by atoms with E-state index in [4.69, 9.17) is 4.74 Å². The van der Waals surface area contributed by atoms with Crippen LogP contribution in [0.5, 0.6) is 5.75 Å².